The first-order chi connectivity index (χ1) is 6.61. The van der Waals surface area contributed by atoms with Crippen molar-refractivity contribution in [3.05, 3.63) is 36.2 Å². The molecule has 0 aliphatic heterocycles. The molecule has 0 atom stereocenters. The van der Waals surface area contributed by atoms with Crippen molar-refractivity contribution in [1.29, 1.82) is 5.41 Å². The number of allylic oxidation sites excluding steroid dienone is 1. The third-order valence-corrected chi connectivity index (χ3v) is 1.81. The first-order valence-corrected chi connectivity index (χ1v) is 3.95. The molecule has 0 spiro atoms. The van der Waals surface area contributed by atoms with Gasteiger partial charge in [0, 0.05) is 0 Å². The fourth-order valence-electron chi connectivity index (χ4n) is 1.15. The Morgan fingerprint density at radius 1 is 1.64 bits per heavy atom. The average Bonchev–Trinajstić information content (AvgIpc) is 2.19. The van der Waals surface area contributed by atoms with Gasteiger partial charge in [0.15, 0.2) is 5.75 Å². The molecule has 0 bridgehead atoms. The normalized spacial score (nSPS) is 9.57. The monoisotopic (exact) mass is 194 g/mol. The molecule has 0 aliphatic carbocycles. The standard InChI is InChI=1S/C10H11FN2O/c1-3-7(12)9-6(11)4-5-8(13)10(9)14-2/h3-5,12H,1,13H2,2H3. The highest BCUT2D eigenvalue weighted by Crippen LogP contribution is 2.28. The van der Waals surface area contributed by atoms with E-state index in [2.05, 4.69) is 6.58 Å². The van der Waals surface area contributed by atoms with Crippen LogP contribution in [-0.2, 0) is 0 Å². The van der Waals surface area contributed by atoms with Gasteiger partial charge >= 0.3 is 0 Å². The van der Waals surface area contributed by atoms with Crippen LogP contribution in [0.2, 0.25) is 0 Å². The van der Waals surface area contributed by atoms with Crippen molar-refractivity contribution < 1.29 is 9.13 Å². The lowest BCUT2D eigenvalue weighted by Crippen LogP contribution is -2.05. The molecule has 3 N–H and O–H groups in total. The first-order valence-electron chi connectivity index (χ1n) is 3.95. The number of hydrogen-bond acceptors (Lipinski definition) is 3. The average molecular weight is 194 g/mol. The molecule has 1 aromatic rings. The van der Waals surface area contributed by atoms with Gasteiger partial charge < -0.3 is 15.9 Å². The lowest BCUT2D eigenvalue weighted by atomic mass is 10.1. The van der Waals surface area contributed by atoms with E-state index in [1.54, 1.807) is 0 Å². The molecule has 0 saturated heterocycles. The zero-order chi connectivity index (χ0) is 10.7. The highest BCUT2D eigenvalue weighted by Gasteiger charge is 2.14. The molecule has 0 unspecified atom stereocenters. The quantitative estimate of drug-likeness (QED) is 0.570. The van der Waals surface area contributed by atoms with Crippen LogP contribution in [0.3, 0.4) is 0 Å². The van der Waals surface area contributed by atoms with Gasteiger partial charge in [-0.05, 0) is 18.2 Å². The number of nitrogen functional groups attached to an aromatic ring is 1. The van der Waals surface area contributed by atoms with Gasteiger partial charge in [0.25, 0.3) is 0 Å². The van der Waals surface area contributed by atoms with E-state index in [4.69, 9.17) is 15.9 Å². The third kappa shape index (κ3) is 1.59. The predicted molar refractivity (Wildman–Crippen MR) is 54.4 cm³/mol. The summed E-state index contributed by atoms with van der Waals surface area (Å²) in [5.74, 6) is -0.365. The molecule has 1 aromatic carbocycles. The summed E-state index contributed by atoms with van der Waals surface area (Å²) in [6.07, 6.45) is 1.24. The Morgan fingerprint density at radius 3 is 2.79 bits per heavy atom. The highest BCUT2D eigenvalue weighted by molar-refractivity contribution is 6.09. The van der Waals surface area contributed by atoms with Crippen LogP contribution in [0, 0.1) is 11.2 Å². The van der Waals surface area contributed by atoms with Crippen molar-refractivity contribution in [3.8, 4) is 5.75 Å². The minimum atomic E-state index is -0.541. The van der Waals surface area contributed by atoms with Crippen LogP contribution in [0.15, 0.2) is 24.8 Å². The number of benzene rings is 1. The van der Waals surface area contributed by atoms with Gasteiger partial charge in [-0.25, -0.2) is 4.39 Å². The van der Waals surface area contributed by atoms with Crippen molar-refractivity contribution in [2.75, 3.05) is 12.8 Å². The van der Waals surface area contributed by atoms with Crippen molar-refractivity contribution in [2.45, 2.75) is 0 Å². The predicted octanol–water partition coefficient (Wildman–Crippen LogP) is 1.97. The maximum atomic E-state index is 13.3. The minimum absolute atomic E-state index is 0.0440. The second-order valence-electron chi connectivity index (χ2n) is 2.66. The molecule has 0 heterocycles. The molecule has 74 valence electrons. The van der Waals surface area contributed by atoms with Crippen LogP contribution in [-0.4, -0.2) is 12.8 Å². The van der Waals surface area contributed by atoms with E-state index in [1.165, 1.54) is 25.3 Å². The Kier molecular flexibility index (Phi) is 2.86. The lowest BCUT2D eigenvalue weighted by Gasteiger charge is -2.10. The summed E-state index contributed by atoms with van der Waals surface area (Å²) in [5.41, 5.74) is 5.87. The number of nitrogens with two attached hydrogens (primary N) is 1. The fraction of sp³-hybridized carbons (Fsp3) is 0.100. The third-order valence-electron chi connectivity index (χ3n) is 1.81. The zero-order valence-electron chi connectivity index (χ0n) is 7.80. The van der Waals surface area contributed by atoms with Crippen molar-refractivity contribution in [3.63, 3.8) is 0 Å². The van der Waals surface area contributed by atoms with Gasteiger partial charge in [-0.1, -0.05) is 6.58 Å². The van der Waals surface area contributed by atoms with E-state index in [0.29, 0.717) is 5.69 Å². The van der Waals surface area contributed by atoms with Gasteiger partial charge in [-0.2, -0.15) is 0 Å². The van der Waals surface area contributed by atoms with E-state index in [-0.39, 0.29) is 17.0 Å². The summed E-state index contributed by atoms with van der Waals surface area (Å²) in [5, 5.41) is 7.47. The van der Waals surface area contributed by atoms with E-state index in [0.717, 1.165) is 0 Å². The van der Waals surface area contributed by atoms with E-state index >= 15 is 0 Å². The Balaban J connectivity index is 3.44. The highest BCUT2D eigenvalue weighted by atomic mass is 19.1. The van der Waals surface area contributed by atoms with Crippen molar-refractivity contribution >= 4 is 11.4 Å². The topological polar surface area (TPSA) is 59.1 Å². The van der Waals surface area contributed by atoms with Crippen LogP contribution in [0.4, 0.5) is 10.1 Å². The number of halogens is 1. The molecule has 0 fully saturated rings. The summed E-state index contributed by atoms with van der Waals surface area (Å²) >= 11 is 0. The van der Waals surface area contributed by atoms with Gasteiger partial charge in [0.1, 0.15) is 5.82 Å². The number of hydrogen-bond donors (Lipinski definition) is 2. The molecular weight excluding hydrogens is 183 g/mol. The summed E-state index contributed by atoms with van der Waals surface area (Å²) in [6, 6.07) is 2.60. The van der Waals surface area contributed by atoms with Gasteiger partial charge in [-0.3, -0.25) is 0 Å². The largest absolute Gasteiger partial charge is 0.494 e. The molecule has 14 heavy (non-hydrogen) atoms. The number of anilines is 1. The second-order valence-corrected chi connectivity index (χ2v) is 2.66. The smallest absolute Gasteiger partial charge is 0.154 e. The van der Waals surface area contributed by atoms with Crippen LogP contribution < -0.4 is 10.5 Å². The van der Waals surface area contributed by atoms with Crippen LogP contribution in [0.1, 0.15) is 5.56 Å². The maximum Gasteiger partial charge on any atom is 0.154 e. The van der Waals surface area contributed by atoms with Crippen molar-refractivity contribution in [1.82, 2.24) is 0 Å². The van der Waals surface area contributed by atoms with E-state index in [9.17, 15) is 4.39 Å². The molecule has 0 saturated carbocycles. The summed E-state index contributed by atoms with van der Waals surface area (Å²) in [4.78, 5) is 0. The van der Waals surface area contributed by atoms with E-state index < -0.39 is 5.82 Å². The van der Waals surface area contributed by atoms with Crippen LogP contribution >= 0.6 is 0 Å². The molecule has 4 heteroatoms. The molecule has 0 radical (unpaired) electrons. The Bertz CT molecular complexity index is 388. The Morgan fingerprint density at radius 2 is 2.29 bits per heavy atom. The molecule has 3 nitrogen and oxygen atoms in total. The molecule has 0 aliphatic rings. The molecule has 0 aromatic heterocycles. The molecule has 1 rings (SSSR count). The Labute approximate surface area is 81.5 Å². The summed E-state index contributed by atoms with van der Waals surface area (Å²) in [6.45, 7) is 3.40. The molecule has 0 amide bonds. The Hall–Kier alpha value is -1.84. The maximum absolute atomic E-state index is 13.3. The fourth-order valence-corrected chi connectivity index (χ4v) is 1.15. The first kappa shape index (κ1) is 10.2. The number of ether oxygens (including phenoxy) is 1. The van der Waals surface area contributed by atoms with Gasteiger partial charge in [0.2, 0.25) is 0 Å². The SMILES string of the molecule is C=CC(=N)c1c(F)ccc(N)c1OC. The van der Waals surface area contributed by atoms with Gasteiger partial charge in [-0.15, -0.1) is 0 Å². The van der Waals surface area contributed by atoms with Crippen LogP contribution in [0.5, 0.6) is 5.75 Å². The summed E-state index contributed by atoms with van der Waals surface area (Å²) in [7, 11) is 1.38. The van der Waals surface area contributed by atoms with Crippen LogP contribution in [0.25, 0.3) is 0 Å². The second kappa shape index (κ2) is 3.91. The number of rotatable bonds is 3. The number of nitrogens with one attached hydrogen (secondary N) is 1. The van der Waals surface area contributed by atoms with Crippen molar-refractivity contribution in [2.24, 2.45) is 0 Å². The zero-order valence-corrected chi connectivity index (χ0v) is 7.80. The number of methoxy groups -OCH3 is 1. The molecular formula is C10H11FN2O. The summed E-state index contributed by atoms with van der Waals surface area (Å²) < 4.78 is 18.3. The van der Waals surface area contributed by atoms with Gasteiger partial charge in [0.05, 0.1) is 24.1 Å². The lowest BCUT2D eigenvalue weighted by molar-refractivity contribution is 0.412. The minimum Gasteiger partial charge on any atom is -0.494 e. The van der Waals surface area contributed by atoms with E-state index in [1.807, 2.05) is 0 Å².